The van der Waals surface area contributed by atoms with Crippen molar-refractivity contribution < 1.29 is 23.4 Å². The molecule has 1 N–H and O–H groups in total. The van der Waals surface area contributed by atoms with Crippen LogP contribution in [0.4, 0.5) is 8.78 Å². The van der Waals surface area contributed by atoms with Gasteiger partial charge in [-0.1, -0.05) is 24.3 Å². The first kappa shape index (κ1) is 22.4. The van der Waals surface area contributed by atoms with E-state index in [9.17, 15) is 13.9 Å². The van der Waals surface area contributed by atoms with E-state index in [-0.39, 0.29) is 24.2 Å². The molecule has 2 aliphatic heterocycles. The van der Waals surface area contributed by atoms with Crippen LogP contribution in [0.25, 0.3) is 11.1 Å². The summed E-state index contributed by atoms with van der Waals surface area (Å²) in [6, 6.07) is 19.3. The van der Waals surface area contributed by atoms with E-state index in [0.29, 0.717) is 12.4 Å². The number of likely N-dealkylation sites (tertiary alicyclic amines) is 1. The minimum atomic E-state index is -0.424. The molecule has 0 aliphatic carbocycles. The minimum absolute atomic E-state index is 0.138. The van der Waals surface area contributed by atoms with Crippen LogP contribution in [0.15, 0.2) is 66.7 Å². The number of rotatable bonds is 7. The fourth-order valence-electron chi connectivity index (χ4n) is 4.67. The van der Waals surface area contributed by atoms with E-state index in [0.717, 1.165) is 53.2 Å². The molecule has 0 aromatic heterocycles. The number of hydrogen-bond donors (Lipinski definition) is 1. The highest BCUT2D eigenvalue weighted by Gasteiger charge is 2.30. The highest BCUT2D eigenvalue weighted by molar-refractivity contribution is 5.95. The molecule has 3 aromatic rings. The predicted molar refractivity (Wildman–Crippen MR) is 128 cm³/mol. The van der Waals surface area contributed by atoms with E-state index >= 15 is 0 Å². The Labute approximate surface area is 198 Å². The standard InChI is InChI=1S/C28H27F2NO3/c1-18-25-11-8-23(32)14-26(25)34-28(27(18)20-2-6-22(30)7-3-20)21-4-9-24(10-5-21)33-13-12-31-16-19(15-29)17-31/h2-11,14,19,28,32H,12-13,15-17H2,1H3/t28-/m0/s1. The summed E-state index contributed by atoms with van der Waals surface area (Å²) in [5.74, 6) is 1.38. The molecule has 0 radical (unpaired) electrons. The number of ether oxygens (including phenoxy) is 2. The van der Waals surface area contributed by atoms with Gasteiger partial charge in [0, 0.05) is 42.8 Å². The normalized spacial score (nSPS) is 18.3. The summed E-state index contributed by atoms with van der Waals surface area (Å²) in [6.45, 7) is 4.69. The summed E-state index contributed by atoms with van der Waals surface area (Å²) in [7, 11) is 0. The van der Waals surface area contributed by atoms with Gasteiger partial charge >= 0.3 is 0 Å². The van der Waals surface area contributed by atoms with Crippen LogP contribution in [-0.4, -0.2) is 42.9 Å². The van der Waals surface area contributed by atoms with Gasteiger partial charge < -0.3 is 14.6 Å². The van der Waals surface area contributed by atoms with Gasteiger partial charge in [-0.25, -0.2) is 4.39 Å². The van der Waals surface area contributed by atoms with E-state index in [4.69, 9.17) is 9.47 Å². The molecule has 1 saturated heterocycles. The lowest BCUT2D eigenvalue weighted by Gasteiger charge is -2.37. The molecule has 4 nitrogen and oxygen atoms in total. The zero-order chi connectivity index (χ0) is 23.7. The molecule has 1 atom stereocenters. The Hall–Kier alpha value is -3.38. The Balaban J connectivity index is 1.37. The first-order valence-electron chi connectivity index (χ1n) is 11.5. The average molecular weight is 464 g/mol. The maximum absolute atomic E-state index is 13.6. The van der Waals surface area contributed by atoms with Crippen LogP contribution in [-0.2, 0) is 0 Å². The molecule has 0 spiro atoms. The minimum Gasteiger partial charge on any atom is -0.508 e. The Morgan fingerprint density at radius 1 is 1.03 bits per heavy atom. The van der Waals surface area contributed by atoms with Gasteiger partial charge in [-0.15, -0.1) is 0 Å². The Morgan fingerprint density at radius 2 is 1.76 bits per heavy atom. The third kappa shape index (κ3) is 4.50. The monoisotopic (exact) mass is 463 g/mol. The fourth-order valence-corrected chi connectivity index (χ4v) is 4.67. The van der Waals surface area contributed by atoms with Gasteiger partial charge in [-0.05, 0) is 60.0 Å². The van der Waals surface area contributed by atoms with Crippen LogP contribution < -0.4 is 9.47 Å². The van der Waals surface area contributed by atoms with Gasteiger partial charge in [0.15, 0.2) is 0 Å². The number of phenols is 1. The number of hydrogen-bond acceptors (Lipinski definition) is 4. The van der Waals surface area contributed by atoms with E-state index < -0.39 is 6.10 Å². The molecule has 3 aromatic carbocycles. The smallest absolute Gasteiger partial charge is 0.150 e. The van der Waals surface area contributed by atoms with Crippen molar-refractivity contribution in [3.63, 3.8) is 0 Å². The van der Waals surface area contributed by atoms with Crippen LogP contribution in [0, 0.1) is 11.7 Å². The van der Waals surface area contributed by atoms with Crippen molar-refractivity contribution in [3.8, 4) is 17.2 Å². The van der Waals surface area contributed by atoms with Crippen molar-refractivity contribution in [2.24, 2.45) is 5.92 Å². The molecule has 0 bridgehead atoms. The zero-order valence-electron chi connectivity index (χ0n) is 19.0. The number of nitrogens with zero attached hydrogens (tertiary/aromatic N) is 1. The molecule has 0 saturated carbocycles. The number of benzene rings is 3. The van der Waals surface area contributed by atoms with Crippen LogP contribution in [0.3, 0.4) is 0 Å². The van der Waals surface area contributed by atoms with Gasteiger partial charge in [-0.3, -0.25) is 9.29 Å². The van der Waals surface area contributed by atoms with E-state index in [1.54, 1.807) is 24.3 Å². The zero-order valence-corrected chi connectivity index (χ0v) is 19.0. The highest BCUT2D eigenvalue weighted by atomic mass is 19.1. The summed E-state index contributed by atoms with van der Waals surface area (Å²) in [5.41, 5.74) is 4.67. The van der Waals surface area contributed by atoms with Crippen molar-refractivity contribution in [3.05, 3.63) is 89.2 Å². The average Bonchev–Trinajstić information content (AvgIpc) is 2.81. The maximum Gasteiger partial charge on any atom is 0.150 e. The summed E-state index contributed by atoms with van der Waals surface area (Å²) in [6.07, 6.45) is -0.424. The lowest BCUT2D eigenvalue weighted by Crippen LogP contribution is -2.49. The van der Waals surface area contributed by atoms with Crippen molar-refractivity contribution in [2.75, 3.05) is 32.9 Å². The lowest BCUT2D eigenvalue weighted by molar-refractivity contribution is 0.0668. The van der Waals surface area contributed by atoms with Crippen LogP contribution in [0.5, 0.6) is 17.2 Å². The SMILES string of the molecule is CC1=C(c2ccc(F)cc2)[C@H](c2ccc(OCCN3CC(CF)C3)cc2)Oc2cc(O)ccc21. The van der Waals surface area contributed by atoms with E-state index in [1.165, 1.54) is 12.1 Å². The number of alkyl halides is 1. The highest BCUT2D eigenvalue weighted by Crippen LogP contribution is 2.47. The van der Waals surface area contributed by atoms with Crippen LogP contribution >= 0.6 is 0 Å². The number of fused-ring (bicyclic) bond motifs is 1. The topological polar surface area (TPSA) is 41.9 Å². The summed E-state index contributed by atoms with van der Waals surface area (Å²) >= 11 is 0. The Bertz CT molecular complexity index is 1190. The molecule has 0 unspecified atom stereocenters. The lowest BCUT2D eigenvalue weighted by atomic mass is 9.86. The van der Waals surface area contributed by atoms with Gasteiger partial charge in [0.25, 0.3) is 0 Å². The largest absolute Gasteiger partial charge is 0.508 e. The van der Waals surface area contributed by atoms with Gasteiger partial charge in [0.2, 0.25) is 0 Å². The van der Waals surface area contributed by atoms with Crippen molar-refractivity contribution in [2.45, 2.75) is 13.0 Å². The summed E-state index contributed by atoms with van der Waals surface area (Å²) in [5, 5.41) is 9.98. The molecular weight excluding hydrogens is 436 g/mol. The third-order valence-electron chi connectivity index (χ3n) is 6.55. The molecule has 2 heterocycles. The maximum atomic E-state index is 13.6. The molecule has 1 fully saturated rings. The molecule has 5 rings (SSSR count). The van der Waals surface area contributed by atoms with E-state index in [2.05, 4.69) is 4.90 Å². The number of allylic oxidation sites excluding steroid dienone is 1. The van der Waals surface area contributed by atoms with Crippen molar-refractivity contribution >= 4 is 11.1 Å². The van der Waals surface area contributed by atoms with Gasteiger partial charge in [-0.2, -0.15) is 0 Å². The van der Waals surface area contributed by atoms with E-state index in [1.807, 2.05) is 37.3 Å². The molecule has 176 valence electrons. The molecular formula is C28H27F2NO3. The Morgan fingerprint density at radius 3 is 2.47 bits per heavy atom. The van der Waals surface area contributed by atoms with Crippen LogP contribution in [0.2, 0.25) is 0 Å². The third-order valence-corrected chi connectivity index (χ3v) is 6.55. The number of phenolic OH excluding ortho intramolecular Hbond substituents is 1. The first-order valence-corrected chi connectivity index (χ1v) is 11.5. The molecule has 6 heteroatoms. The number of halogens is 2. The number of aromatic hydroxyl groups is 1. The Kier molecular flexibility index (Phi) is 6.24. The fraction of sp³-hybridized carbons (Fsp3) is 0.286. The molecule has 34 heavy (non-hydrogen) atoms. The molecule has 2 aliphatic rings. The van der Waals surface area contributed by atoms with Gasteiger partial charge in [0.1, 0.15) is 35.8 Å². The van der Waals surface area contributed by atoms with Crippen molar-refractivity contribution in [1.82, 2.24) is 4.90 Å². The summed E-state index contributed by atoms with van der Waals surface area (Å²) in [4.78, 5) is 2.18. The van der Waals surface area contributed by atoms with Gasteiger partial charge in [0.05, 0.1) is 6.67 Å². The molecule has 0 amide bonds. The van der Waals surface area contributed by atoms with Crippen LogP contribution in [0.1, 0.15) is 29.7 Å². The second-order valence-corrected chi connectivity index (χ2v) is 8.92. The van der Waals surface area contributed by atoms with Crippen molar-refractivity contribution in [1.29, 1.82) is 0 Å². The predicted octanol–water partition coefficient (Wildman–Crippen LogP) is 5.88. The first-order chi connectivity index (χ1) is 16.5. The second kappa shape index (κ2) is 9.47. The summed E-state index contributed by atoms with van der Waals surface area (Å²) < 4.78 is 38.4. The quantitative estimate of drug-likeness (QED) is 0.476. The second-order valence-electron chi connectivity index (χ2n) is 8.92.